The molecule has 0 aromatic heterocycles. The number of likely N-dealkylation sites (N-methyl/N-ethyl adjacent to an activating group) is 1. The van der Waals surface area contributed by atoms with Crippen molar-refractivity contribution in [2.45, 2.75) is 6.92 Å². The number of nitro groups is 1. The summed E-state index contributed by atoms with van der Waals surface area (Å²) in [5, 5.41) is 21.9. The summed E-state index contributed by atoms with van der Waals surface area (Å²) in [4.78, 5) is 23.5. The summed E-state index contributed by atoms with van der Waals surface area (Å²) in [6.07, 6.45) is 0. The Morgan fingerprint density at radius 2 is 1.68 bits per heavy atom. The molecule has 0 atom stereocenters. The van der Waals surface area contributed by atoms with Gasteiger partial charge >= 0.3 is 5.97 Å². The van der Waals surface area contributed by atoms with Crippen LogP contribution in [0.15, 0.2) is 58.8 Å². The van der Waals surface area contributed by atoms with E-state index >= 15 is 0 Å². The van der Waals surface area contributed by atoms with Crippen molar-refractivity contribution in [1.29, 1.82) is 0 Å². The summed E-state index contributed by atoms with van der Waals surface area (Å²) < 4.78 is 4.59. The molecule has 0 spiro atoms. The van der Waals surface area contributed by atoms with Crippen LogP contribution in [-0.4, -0.2) is 44.2 Å². The molecule has 2 rings (SSSR count). The van der Waals surface area contributed by atoms with Crippen LogP contribution in [0.25, 0.3) is 0 Å². The third-order valence-corrected chi connectivity index (χ3v) is 3.99. The fourth-order valence-corrected chi connectivity index (χ4v) is 2.43. The number of nitrogens with one attached hydrogen (secondary N) is 1. The van der Waals surface area contributed by atoms with E-state index in [1.165, 1.54) is 19.2 Å². The van der Waals surface area contributed by atoms with Crippen molar-refractivity contribution in [1.82, 2.24) is 5.32 Å². The van der Waals surface area contributed by atoms with Gasteiger partial charge in [-0.25, -0.2) is 0 Å². The van der Waals surface area contributed by atoms with Crippen molar-refractivity contribution >= 4 is 28.7 Å². The van der Waals surface area contributed by atoms with E-state index in [1.807, 2.05) is 24.3 Å². The molecular formula is C19H23N5O4. The molecule has 0 saturated carbocycles. The summed E-state index contributed by atoms with van der Waals surface area (Å²) in [6, 6.07) is 13.5. The number of carbonyl (C=O) groups excluding carboxylic acids is 1. The molecule has 9 heteroatoms. The molecule has 0 aliphatic carbocycles. The first-order valence-corrected chi connectivity index (χ1v) is 8.82. The lowest BCUT2D eigenvalue weighted by atomic mass is 10.2. The van der Waals surface area contributed by atoms with Gasteiger partial charge in [0, 0.05) is 37.5 Å². The fraction of sp³-hybridized carbons (Fsp3) is 0.316. The molecule has 2 aromatic rings. The smallest absolute Gasteiger partial charge is 0.319 e. The molecule has 0 unspecified atom stereocenters. The number of ether oxygens (including phenoxy) is 1. The predicted molar refractivity (Wildman–Crippen MR) is 106 cm³/mol. The van der Waals surface area contributed by atoms with E-state index in [9.17, 15) is 14.9 Å². The number of benzene rings is 2. The number of hydrogen-bond donors (Lipinski definition) is 1. The maximum Gasteiger partial charge on any atom is 0.319 e. The van der Waals surface area contributed by atoms with Gasteiger partial charge in [0.05, 0.1) is 30.0 Å². The standard InChI is InChI=1S/C19H23N5O4/c1-3-23(13-12-20-14-19(25)28-2)17-8-4-15(5-9-17)21-22-16-6-10-18(11-7-16)24(26)27/h4-11,20H,3,12-14H2,1-2H3. The lowest BCUT2D eigenvalue weighted by Gasteiger charge is -2.23. The monoisotopic (exact) mass is 385 g/mol. The van der Waals surface area contributed by atoms with Gasteiger partial charge in [0.1, 0.15) is 0 Å². The Bertz CT molecular complexity index is 806. The largest absolute Gasteiger partial charge is 0.468 e. The molecule has 2 aromatic carbocycles. The normalized spacial score (nSPS) is 10.8. The zero-order chi connectivity index (χ0) is 20.4. The summed E-state index contributed by atoms with van der Waals surface area (Å²) in [5.74, 6) is -0.286. The first kappa shape index (κ1) is 21.0. The Morgan fingerprint density at radius 3 is 2.18 bits per heavy atom. The number of methoxy groups -OCH3 is 1. The van der Waals surface area contributed by atoms with E-state index in [0.717, 1.165) is 18.8 Å². The second-order valence-corrected chi connectivity index (χ2v) is 5.82. The lowest BCUT2D eigenvalue weighted by molar-refractivity contribution is -0.384. The van der Waals surface area contributed by atoms with Crippen molar-refractivity contribution in [2.24, 2.45) is 10.2 Å². The Balaban J connectivity index is 1.91. The minimum absolute atomic E-state index is 0.0176. The van der Waals surface area contributed by atoms with Crippen LogP contribution >= 0.6 is 0 Å². The van der Waals surface area contributed by atoms with Gasteiger partial charge in [0.15, 0.2) is 0 Å². The van der Waals surface area contributed by atoms with Gasteiger partial charge in [0.25, 0.3) is 5.69 Å². The highest BCUT2D eigenvalue weighted by Crippen LogP contribution is 2.23. The van der Waals surface area contributed by atoms with Gasteiger partial charge in [-0.1, -0.05) is 0 Å². The maximum atomic E-state index is 11.1. The molecule has 9 nitrogen and oxygen atoms in total. The number of nitro benzene ring substituents is 1. The fourth-order valence-electron chi connectivity index (χ4n) is 2.43. The molecule has 1 N–H and O–H groups in total. The van der Waals surface area contributed by atoms with Crippen molar-refractivity contribution in [3.63, 3.8) is 0 Å². The van der Waals surface area contributed by atoms with Crippen LogP contribution in [-0.2, 0) is 9.53 Å². The van der Waals surface area contributed by atoms with Crippen LogP contribution in [0, 0.1) is 10.1 Å². The number of rotatable bonds is 10. The van der Waals surface area contributed by atoms with E-state index in [2.05, 4.69) is 32.1 Å². The molecule has 0 aliphatic rings. The van der Waals surface area contributed by atoms with Crippen molar-refractivity contribution in [3.05, 3.63) is 58.6 Å². The lowest BCUT2D eigenvalue weighted by Crippen LogP contribution is -2.34. The Hall–Kier alpha value is -3.33. The molecule has 0 aliphatic heterocycles. The SMILES string of the molecule is CCN(CCNCC(=O)OC)c1ccc(N=Nc2ccc([N+](=O)[O-])cc2)cc1. The number of esters is 1. The van der Waals surface area contributed by atoms with E-state index in [0.29, 0.717) is 17.9 Å². The highest BCUT2D eigenvalue weighted by atomic mass is 16.6. The third-order valence-electron chi connectivity index (χ3n) is 3.99. The maximum absolute atomic E-state index is 11.1. The van der Waals surface area contributed by atoms with Crippen LogP contribution < -0.4 is 10.2 Å². The first-order chi connectivity index (χ1) is 13.5. The van der Waals surface area contributed by atoms with Gasteiger partial charge < -0.3 is 15.0 Å². The summed E-state index contributed by atoms with van der Waals surface area (Å²) in [5.41, 5.74) is 2.28. The van der Waals surface area contributed by atoms with Crippen LogP contribution in [0.2, 0.25) is 0 Å². The van der Waals surface area contributed by atoms with E-state index < -0.39 is 4.92 Å². The van der Waals surface area contributed by atoms with E-state index in [4.69, 9.17) is 0 Å². The van der Waals surface area contributed by atoms with E-state index in [-0.39, 0.29) is 18.2 Å². The molecule has 0 bridgehead atoms. The molecule has 0 fully saturated rings. The second-order valence-electron chi connectivity index (χ2n) is 5.82. The van der Waals surface area contributed by atoms with Crippen LogP contribution in [0.1, 0.15) is 6.92 Å². The highest BCUT2D eigenvalue weighted by Gasteiger charge is 2.06. The summed E-state index contributed by atoms with van der Waals surface area (Å²) >= 11 is 0. The summed E-state index contributed by atoms with van der Waals surface area (Å²) in [7, 11) is 1.36. The predicted octanol–water partition coefficient (Wildman–Crippen LogP) is 3.60. The molecule has 0 saturated heterocycles. The molecule has 148 valence electrons. The number of hydrogen-bond acceptors (Lipinski definition) is 8. The van der Waals surface area contributed by atoms with Crippen molar-refractivity contribution in [2.75, 3.05) is 38.2 Å². The Morgan fingerprint density at radius 1 is 1.11 bits per heavy atom. The summed E-state index contributed by atoms with van der Waals surface area (Å²) in [6.45, 7) is 4.48. The minimum Gasteiger partial charge on any atom is -0.468 e. The number of azo groups is 1. The Labute approximate surface area is 163 Å². The quantitative estimate of drug-likeness (QED) is 0.220. The zero-order valence-electron chi connectivity index (χ0n) is 15.9. The molecular weight excluding hydrogens is 362 g/mol. The number of nitrogens with zero attached hydrogens (tertiary/aromatic N) is 4. The van der Waals surface area contributed by atoms with Gasteiger partial charge in [-0.3, -0.25) is 14.9 Å². The number of anilines is 1. The van der Waals surface area contributed by atoms with Gasteiger partial charge in [-0.15, -0.1) is 0 Å². The Kier molecular flexibility index (Phi) is 8.04. The minimum atomic E-state index is -0.454. The highest BCUT2D eigenvalue weighted by molar-refractivity contribution is 5.71. The van der Waals surface area contributed by atoms with E-state index in [1.54, 1.807) is 12.1 Å². The van der Waals surface area contributed by atoms with Crippen molar-refractivity contribution < 1.29 is 14.5 Å². The molecule has 0 radical (unpaired) electrons. The van der Waals surface area contributed by atoms with Gasteiger partial charge in [-0.05, 0) is 43.3 Å². The average Bonchev–Trinajstić information content (AvgIpc) is 2.73. The van der Waals surface area contributed by atoms with Crippen molar-refractivity contribution in [3.8, 4) is 0 Å². The zero-order valence-corrected chi connectivity index (χ0v) is 15.9. The van der Waals surface area contributed by atoms with Crippen LogP contribution in [0.3, 0.4) is 0 Å². The topological polar surface area (TPSA) is 109 Å². The molecule has 0 heterocycles. The number of non-ortho nitro benzene ring substituents is 1. The third kappa shape index (κ3) is 6.44. The average molecular weight is 385 g/mol. The van der Waals surface area contributed by atoms with Crippen LogP contribution in [0.4, 0.5) is 22.7 Å². The van der Waals surface area contributed by atoms with Gasteiger partial charge in [-0.2, -0.15) is 10.2 Å². The number of carbonyl (C=O) groups is 1. The first-order valence-electron chi connectivity index (χ1n) is 8.82. The second kappa shape index (κ2) is 10.7. The van der Waals surface area contributed by atoms with Crippen LogP contribution in [0.5, 0.6) is 0 Å². The molecule has 28 heavy (non-hydrogen) atoms. The van der Waals surface area contributed by atoms with Gasteiger partial charge in [0.2, 0.25) is 0 Å². The molecule has 0 amide bonds.